The molecule has 0 aromatic heterocycles. The van der Waals surface area contributed by atoms with E-state index in [9.17, 15) is 8.42 Å². The van der Waals surface area contributed by atoms with Crippen LogP contribution in [0, 0.1) is 0 Å². The highest BCUT2D eigenvalue weighted by atomic mass is 32.2. The molecule has 0 fully saturated rings. The summed E-state index contributed by atoms with van der Waals surface area (Å²) in [5, 5.41) is 0. The first-order valence-electron chi connectivity index (χ1n) is 6.98. The van der Waals surface area contributed by atoms with E-state index in [1.54, 1.807) is 20.8 Å². The van der Waals surface area contributed by atoms with Gasteiger partial charge in [0.25, 0.3) is 0 Å². The van der Waals surface area contributed by atoms with Gasteiger partial charge < -0.3 is 0 Å². The van der Waals surface area contributed by atoms with E-state index in [1.165, 1.54) is 5.57 Å². The molecule has 0 aliphatic heterocycles. The van der Waals surface area contributed by atoms with Crippen LogP contribution in [0.15, 0.2) is 11.6 Å². The van der Waals surface area contributed by atoms with Crippen molar-refractivity contribution in [2.45, 2.75) is 77.0 Å². The second-order valence-corrected chi connectivity index (χ2v) is 8.57. The Morgan fingerprint density at radius 1 is 1.39 bits per heavy atom. The monoisotopic (exact) mass is 273 g/mol. The lowest BCUT2D eigenvalue weighted by Gasteiger charge is -2.29. The van der Waals surface area contributed by atoms with E-state index in [1.807, 2.05) is 0 Å². The molecule has 0 saturated carbocycles. The van der Waals surface area contributed by atoms with Crippen LogP contribution in [-0.4, -0.2) is 19.2 Å². The van der Waals surface area contributed by atoms with Crippen molar-refractivity contribution in [1.29, 1.82) is 0 Å². The third kappa shape index (κ3) is 4.09. The zero-order chi connectivity index (χ0) is 13.8. The fraction of sp³-hybridized carbons (Fsp3) is 0.857. The summed E-state index contributed by atoms with van der Waals surface area (Å²) in [5.41, 5.74) is 1.29. The van der Waals surface area contributed by atoms with Crippen LogP contribution in [0.1, 0.15) is 66.2 Å². The lowest BCUT2D eigenvalue weighted by Crippen LogP contribution is -2.45. The van der Waals surface area contributed by atoms with Gasteiger partial charge in [0.1, 0.15) is 0 Å². The van der Waals surface area contributed by atoms with Crippen molar-refractivity contribution >= 4 is 10.0 Å². The first kappa shape index (κ1) is 15.7. The Hall–Kier alpha value is -0.350. The van der Waals surface area contributed by atoms with E-state index >= 15 is 0 Å². The lowest BCUT2D eigenvalue weighted by molar-refractivity contribution is 0.502. The molecule has 0 aromatic carbocycles. The van der Waals surface area contributed by atoms with E-state index < -0.39 is 14.8 Å². The average Bonchev–Trinajstić information content (AvgIpc) is 2.26. The molecule has 1 rings (SSSR count). The Bertz CT molecular complexity index is 391. The van der Waals surface area contributed by atoms with Crippen LogP contribution in [0.4, 0.5) is 0 Å². The maximum atomic E-state index is 12.2. The molecular formula is C14H27NO2S. The van der Waals surface area contributed by atoms with E-state index in [4.69, 9.17) is 0 Å². The topological polar surface area (TPSA) is 46.2 Å². The van der Waals surface area contributed by atoms with Gasteiger partial charge in [-0.05, 0) is 52.9 Å². The highest BCUT2D eigenvalue weighted by Gasteiger charge is 2.32. The van der Waals surface area contributed by atoms with E-state index in [2.05, 4.69) is 17.7 Å². The summed E-state index contributed by atoms with van der Waals surface area (Å²) in [4.78, 5) is 0. The van der Waals surface area contributed by atoms with Crippen molar-refractivity contribution in [2.75, 3.05) is 0 Å². The Labute approximate surface area is 112 Å². The van der Waals surface area contributed by atoms with Gasteiger partial charge in [-0.25, -0.2) is 13.1 Å². The van der Waals surface area contributed by atoms with Crippen molar-refractivity contribution < 1.29 is 8.42 Å². The van der Waals surface area contributed by atoms with Crippen molar-refractivity contribution in [2.24, 2.45) is 0 Å². The van der Waals surface area contributed by atoms with Crippen LogP contribution in [-0.2, 0) is 10.0 Å². The van der Waals surface area contributed by atoms with Gasteiger partial charge in [-0.3, -0.25) is 0 Å². The number of unbranched alkanes of at least 4 members (excludes halogenated alkanes) is 1. The van der Waals surface area contributed by atoms with Gasteiger partial charge in [-0.1, -0.05) is 25.0 Å². The minimum Gasteiger partial charge on any atom is -0.212 e. The summed E-state index contributed by atoms with van der Waals surface area (Å²) in [6, 6.07) is 0.0227. The maximum Gasteiger partial charge on any atom is 0.217 e. The molecule has 4 heteroatoms. The van der Waals surface area contributed by atoms with Crippen molar-refractivity contribution in [3.63, 3.8) is 0 Å². The smallest absolute Gasteiger partial charge is 0.212 e. The number of hydrogen-bond donors (Lipinski definition) is 1. The van der Waals surface area contributed by atoms with Crippen LogP contribution in [0.2, 0.25) is 0 Å². The van der Waals surface area contributed by atoms with Crippen LogP contribution < -0.4 is 4.72 Å². The van der Waals surface area contributed by atoms with E-state index in [-0.39, 0.29) is 6.04 Å². The molecule has 0 spiro atoms. The Balaban J connectivity index is 2.76. The second kappa shape index (κ2) is 6.20. The van der Waals surface area contributed by atoms with Gasteiger partial charge >= 0.3 is 0 Å². The summed E-state index contributed by atoms with van der Waals surface area (Å²) in [7, 11) is -3.25. The molecule has 1 N–H and O–H groups in total. The highest BCUT2D eigenvalue weighted by Crippen LogP contribution is 2.25. The molecule has 0 bridgehead atoms. The number of sulfonamides is 1. The molecule has 0 heterocycles. The van der Waals surface area contributed by atoms with Crippen molar-refractivity contribution in [3.8, 4) is 0 Å². The van der Waals surface area contributed by atoms with Gasteiger partial charge in [0, 0.05) is 6.04 Å². The number of rotatable bonds is 5. The van der Waals surface area contributed by atoms with Crippen molar-refractivity contribution in [1.82, 2.24) is 4.72 Å². The molecule has 3 nitrogen and oxygen atoms in total. The summed E-state index contributed by atoms with van der Waals surface area (Å²) >= 11 is 0. The zero-order valence-electron chi connectivity index (χ0n) is 12.1. The van der Waals surface area contributed by atoms with E-state index in [0.29, 0.717) is 0 Å². The lowest BCUT2D eigenvalue weighted by atomic mass is 9.91. The molecule has 1 aliphatic carbocycles. The summed E-state index contributed by atoms with van der Waals surface area (Å²) in [6.07, 6.45) is 8.64. The van der Waals surface area contributed by atoms with Gasteiger partial charge in [-0.2, -0.15) is 0 Å². The molecule has 0 aromatic rings. The average molecular weight is 273 g/mol. The molecule has 1 aliphatic rings. The number of hydrogen-bond acceptors (Lipinski definition) is 2. The molecule has 1 atom stereocenters. The standard InChI is InChI=1S/C14H27NO2S/c1-5-6-9-12-10-7-8-11-13(12)15-18(16,17)14(2,3)4/h10,13,15H,5-9,11H2,1-4H3. The predicted molar refractivity (Wildman–Crippen MR) is 77.1 cm³/mol. The molecule has 18 heavy (non-hydrogen) atoms. The van der Waals surface area contributed by atoms with Crippen LogP contribution >= 0.6 is 0 Å². The highest BCUT2D eigenvalue weighted by molar-refractivity contribution is 7.90. The number of nitrogens with one attached hydrogen (secondary N) is 1. The third-order valence-electron chi connectivity index (χ3n) is 3.47. The number of allylic oxidation sites excluding steroid dienone is 1. The SMILES string of the molecule is CCCCC1=CCCCC1NS(=O)(=O)C(C)(C)C. The van der Waals surface area contributed by atoms with Gasteiger partial charge in [-0.15, -0.1) is 0 Å². The molecule has 1 unspecified atom stereocenters. The summed E-state index contributed by atoms with van der Waals surface area (Å²) in [5.74, 6) is 0. The molecule has 0 saturated heterocycles. The molecular weight excluding hydrogens is 246 g/mol. The first-order valence-corrected chi connectivity index (χ1v) is 8.47. The third-order valence-corrected chi connectivity index (χ3v) is 5.68. The minimum atomic E-state index is -3.25. The molecule has 0 amide bonds. The molecule has 0 radical (unpaired) electrons. The fourth-order valence-electron chi connectivity index (χ4n) is 2.09. The Kier molecular flexibility index (Phi) is 5.41. The second-order valence-electron chi connectivity index (χ2n) is 6.10. The predicted octanol–water partition coefficient (Wildman–Crippen LogP) is 3.37. The summed E-state index contributed by atoms with van der Waals surface area (Å²) < 4.78 is 26.6. The quantitative estimate of drug-likeness (QED) is 0.781. The normalized spacial score (nSPS) is 21.8. The van der Waals surface area contributed by atoms with Crippen LogP contribution in [0.5, 0.6) is 0 Å². The van der Waals surface area contributed by atoms with E-state index in [0.717, 1.165) is 38.5 Å². The van der Waals surface area contributed by atoms with Crippen LogP contribution in [0.3, 0.4) is 0 Å². The fourth-order valence-corrected chi connectivity index (χ4v) is 3.09. The first-order chi connectivity index (χ1) is 8.28. The van der Waals surface area contributed by atoms with Gasteiger partial charge in [0.05, 0.1) is 4.75 Å². The van der Waals surface area contributed by atoms with Gasteiger partial charge in [0.15, 0.2) is 0 Å². The maximum absolute atomic E-state index is 12.2. The minimum absolute atomic E-state index is 0.0227. The molecule has 106 valence electrons. The van der Waals surface area contributed by atoms with Crippen LogP contribution in [0.25, 0.3) is 0 Å². The van der Waals surface area contributed by atoms with Crippen molar-refractivity contribution in [3.05, 3.63) is 11.6 Å². The largest absolute Gasteiger partial charge is 0.217 e. The Morgan fingerprint density at radius 2 is 2.06 bits per heavy atom. The Morgan fingerprint density at radius 3 is 2.61 bits per heavy atom. The zero-order valence-corrected chi connectivity index (χ0v) is 12.9. The summed E-state index contributed by atoms with van der Waals surface area (Å²) in [6.45, 7) is 7.40. The van der Waals surface area contributed by atoms with Gasteiger partial charge in [0.2, 0.25) is 10.0 Å².